The summed E-state index contributed by atoms with van der Waals surface area (Å²) in [7, 11) is 0. The zero-order chi connectivity index (χ0) is 17.2. The zero-order valence-corrected chi connectivity index (χ0v) is 14.2. The Morgan fingerprint density at radius 1 is 0.826 bits per heavy atom. The minimum Gasteiger partial charge on any atom is -0.463 e. The van der Waals surface area contributed by atoms with E-state index in [1.54, 1.807) is 0 Å². The van der Waals surface area contributed by atoms with Gasteiger partial charge in [-0.05, 0) is 6.42 Å². The molecule has 0 saturated heterocycles. The Kier molecular flexibility index (Phi) is 15.9. The Bertz CT molecular complexity index is 316. The Labute approximate surface area is 139 Å². The lowest BCUT2D eigenvalue weighted by Gasteiger charge is -2.07. The summed E-state index contributed by atoms with van der Waals surface area (Å²) in [5.41, 5.74) is 0. The molecular formula is C17H30O6. The third-order valence-electron chi connectivity index (χ3n) is 2.99. The van der Waals surface area contributed by atoms with Crippen molar-refractivity contribution in [1.29, 1.82) is 0 Å². The van der Waals surface area contributed by atoms with Crippen LogP contribution in [-0.2, 0) is 28.5 Å². The van der Waals surface area contributed by atoms with E-state index < -0.39 is 5.97 Å². The number of hydrogen-bond acceptors (Lipinski definition) is 6. The van der Waals surface area contributed by atoms with Crippen molar-refractivity contribution in [3.63, 3.8) is 0 Å². The number of hydrogen-bond donors (Lipinski definition) is 0. The van der Waals surface area contributed by atoms with Gasteiger partial charge in [-0.3, -0.25) is 4.79 Å². The molecule has 0 amide bonds. The largest absolute Gasteiger partial charge is 0.463 e. The van der Waals surface area contributed by atoms with Crippen molar-refractivity contribution in [2.75, 3.05) is 39.6 Å². The lowest BCUT2D eigenvalue weighted by atomic mass is 10.1. The van der Waals surface area contributed by atoms with Crippen molar-refractivity contribution in [3.8, 4) is 0 Å². The zero-order valence-electron chi connectivity index (χ0n) is 14.2. The van der Waals surface area contributed by atoms with Crippen LogP contribution in [0.4, 0.5) is 0 Å². The Morgan fingerprint density at radius 3 is 2.00 bits per heavy atom. The highest BCUT2D eigenvalue weighted by Crippen LogP contribution is 2.05. The summed E-state index contributed by atoms with van der Waals surface area (Å²) >= 11 is 0. The number of carbonyl (C=O) groups excluding carboxylic acids is 2. The van der Waals surface area contributed by atoms with Crippen LogP contribution in [0.3, 0.4) is 0 Å². The van der Waals surface area contributed by atoms with Gasteiger partial charge in [-0.1, -0.05) is 39.2 Å². The maximum absolute atomic E-state index is 11.4. The molecule has 0 aromatic heterocycles. The number of rotatable bonds is 16. The van der Waals surface area contributed by atoms with Gasteiger partial charge in [0.25, 0.3) is 0 Å². The molecule has 0 heterocycles. The lowest BCUT2D eigenvalue weighted by molar-refractivity contribution is -0.145. The molecule has 0 saturated carbocycles. The van der Waals surface area contributed by atoms with Crippen molar-refractivity contribution in [2.45, 2.75) is 45.4 Å². The van der Waals surface area contributed by atoms with Crippen LogP contribution in [0.5, 0.6) is 0 Å². The molecule has 0 spiro atoms. The van der Waals surface area contributed by atoms with Crippen LogP contribution in [0, 0.1) is 0 Å². The first-order valence-electron chi connectivity index (χ1n) is 8.31. The second-order valence-electron chi connectivity index (χ2n) is 4.98. The normalized spacial score (nSPS) is 10.3. The molecule has 0 rings (SSSR count). The molecule has 0 aliphatic carbocycles. The number of ether oxygens (including phenoxy) is 4. The Morgan fingerprint density at radius 2 is 1.39 bits per heavy atom. The molecule has 0 atom stereocenters. The fourth-order valence-electron chi connectivity index (χ4n) is 1.74. The van der Waals surface area contributed by atoms with Crippen molar-refractivity contribution >= 4 is 11.9 Å². The molecule has 0 aliphatic rings. The smallest absolute Gasteiger partial charge is 0.330 e. The molecule has 0 fully saturated rings. The molecule has 0 N–H and O–H groups in total. The average molecular weight is 330 g/mol. The van der Waals surface area contributed by atoms with Crippen LogP contribution in [0.1, 0.15) is 45.4 Å². The summed E-state index contributed by atoms with van der Waals surface area (Å²) in [6, 6.07) is 0. The molecule has 0 radical (unpaired) electrons. The van der Waals surface area contributed by atoms with Crippen LogP contribution >= 0.6 is 0 Å². The van der Waals surface area contributed by atoms with Gasteiger partial charge in [0.15, 0.2) is 0 Å². The third kappa shape index (κ3) is 16.8. The van der Waals surface area contributed by atoms with E-state index in [2.05, 4.69) is 13.5 Å². The quantitative estimate of drug-likeness (QED) is 0.246. The fourth-order valence-corrected chi connectivity index (χ4v) is 1.74. The summed E-state index contributed by atoms with van der Waals surface area (Å²) in [5, 5.41) is 0. The number of carbonyl (C=O) groups is 2. The van der Waals surface area contributed by atoms with Gasteiger partial charge in [-0.2, -0.15) is 0 Å². The molecule has 6 heteroatoms. The third-order valence-corrected chi connectivity index (χ3v) is 2.99. The number of esters is 2. The Balaban J connectivity index is 3.18. The second kappa shape index (κ2) is 17.0. The van der Waals surface area contributed by atoms with Gasteiger partial charge in [0, 0.05) is 12.5 Å². The van der Waals surface area contributed by atoms with Gasteiger partial charge in [0.1, 0.15) is 13.2 Å². The molecule has 0 bridgehead atoms. The van der Waals surface area contributed by atoms with Gasteiger partial charge < -0.3 is 18.9 Å². The highest BCUT2D eigenvalue weighted by molar-refractivity contribution is 5.81. The predicted molar refractivity (Wildman–Crippen MR) is 87.1 cm³/mol. The molecule has 0 aromatic carbocycles. The molecule has 134 valence electrons. The summed E-state index contributed by atoms with van der Waals surface area (Å²) in [5.74, 6) is -0.623. The van der Waals surface area contributed by atoms with Crippen LogP contribution < -0.4 is 0 Å². The molecule has 0 unspecified atom stereocenters. The minimum atomic E-state index is -0.461. The van der Waals surface area contributed by atoms with Crippen molar-refractivity contribution in [1.82, 2.24) is 0 Å². The van der Waals surface area contributed by atoms with Gasteiger partial charge in [0.2, 0.25) is 0 Å². The first-order valence-corrected chi connectivity index (χ1v) is 8.31. The van der Waals surface area contributed by atoms with Gasteiger partial charge in [-0.15, -0.1) is 0 Å². The first-order chi connectivity index (χ1) is 11.2. The molecule has 6 nitrogen and oxygen atoms in total. The summed E-state index contributed by atoms with van der Waals surface area (Å²) in [4.78, 5) is 22.1. The van der Waals surface area contributed by atoms with Gasteiger partial charge in [-0.25, -0.2) is 4.79 Å². The van der Waals surface area contributed by atoms with E-state index in [0.29, 0.717) is 32.8 Å². The molecule has 0 aliphatic heterocycles. The van der Waals surface area contributed by atoms with Crippen LogP contribution in [0.2, 0.25) is 0 Å². The maximum atomic E-state index is 11.4. The fraction of sp³-hybridized carbons (Fsp3) is 0.765. The van der Waals surface area contributed by atoms with E-state index in [4.69, 9.17) is 18.9 Å². The molecule has 0 aromatic rings. The summed E-state index contributed by atoms with van der Waals surface area (Å²) in [6.45, 7) is 7.39. The summed E-state index contributed by atoms with van der Waals surface area (Å²) in [6.07, 6.45) is 7.17. The topological polar surface area (TPSA) is 71.1 Å². The van der Waals surface area contributed by atoms with E-state index >= 15 is 0 Å². The van der Waals surface area contributed by atoms with Crippen molar-refractivity contribution < 1.29 is 28.5 Å². The van der Waals surface area contributed by atoms with E-state index in [1.165, 1.54) is 19.3 Å². The molecule has 23 heavy (non-hydrogen) atoms. The van der Waals surface area contributed by atoms with E-state index in [0.717, 1.165) is 18.9 Å². The van der Waals surface area contributed by atoms with E-state index in [-0.39, 0.29) is 19.2 Å². The standard InChI is InChI=1S/C17H30O6/c1-3-5-6-7-8-9-17(19)23-15-13-21-11-10-20-12-14-22-16(18)4-2/h4H,2-3,5-15H2,1H3. The van der Waals surface area contributed by atoms with E-state index in [1.807, 2.05) is 0 Å². The maximum Gasteiger partial charge on any atom is 0.330 e. The highest BCUT2D eigenvalue weighted by atomic mass is 16.6. The van der Waals surface area contributed by atoms with Crippen molar-refractivity contribution in [3.05, 3.63) is 12.7 Å². The van der Waals surface area contributed by atoms with Crippen LogP contribution in [0.25, 0.3) is 0 Å². The lowest BCUT2D eigenvalue weighted by Crippen LogP contribution is -2.14. The SMILES string of the molecule is C=CC(=O)OCCOCCOCCOC(=O)CCCCCCC. The average Bonchev–Trinajstić information content (AvgIpc) is 2.56. The van der Waals surface area contributed by atoms with Crippen molar-refractivity contribution in [2.24, 2.45) is 0 Å². The minimum absolute atomic E-state index is 0.162. The monoisotopic (exact) mass is 330 g/mol. The Hall–Kier alpha value is -1.40. The predicted octanol–water partition coefficient (Wildman–Crippen LogP) is 2.65. The molecular weight excluding hydrogens is 300 g/mol. The highest BCUT2D eigenvalue weighted by Gasteiger charge is 2.02. The number of unbranched alkanes of at least 4 members (excludes halogenated alkanes) is 4. The van der Waals surface area contributed by atoms with Gasteiger partial charge in [0.05, 0.1) is 26.4 Å². The van der Waals surface area contributed by atoms with E-state index in [9.17, 15) is 9.59 Å². The van der Waals surface area contributed by atoms with Crippen LogP contribution in [0.15, 0.2) is 12.7 Å². The van der Waals surface area contributed by atoms with Crippen LogP contribution in [-0.4, -0.2) is 51.6 Å². The first kappa shape index (κ1) is 21.6. The summed E-state index contributed by atoms with van der Waals surface area (Å²) < 4.78 is 20.3. The van der Waals surface area contributed by atoms with Gasteiger partial charge >= 0.3 is 11.9 Å². The second-order valence-corrected chi connectivity index (χ2v) is 4.98.